The van der Waals surface area contributed by atoms with E-state index in [0.29, 0.717) is 5.69 Å². The fourth-order valence-electron chi connectivity index (χ4n) is 4.32. The van der Waals surface area contributed by atoms with Gasteiger partial charge in [-0.3, -0.25) is 14.1 Å². The topological polar surface area (TPSA) is 74.6 Å². The number of thiazole rings is 1. The lowest BCUT2D eigenvalue weighted by molar-refractivity contribution is 0.102. The predicted octanol–water partition coefficient (Wildman–Crippen LogP) is 4.27. The van der Waals surface area contributed by atoms with E-state index in [1.54, 1.807) is 17.4 Å². The maximum Gasteiger partial charge on any atom is 0.274 e. The van der Waals surface area contributed by atoms with E-state index >= 15 is 0 Å². The molecule has 0 unspecified atom stereocenters. The number of carbonyl (C=O) groups is 1. The number of hydrogen-bond donors (Lipinski definition) is 2. The zero-order valence-electron chi connectivity index (χ0n) is 18.6. The Balaban J connectivity index is 1.22. The van der Waals surface area contributed by atoms with Gasteiger partial charge in [-0.05, 0) is 24.3 Å². The first-order valence-corrected chi connectivity index (χ1v) is 12.3. The summed E-state index contributed by atoms with van der Waals surface area (Å²) in [6.45, 7) is 5.12. The summed E-state index contributed by atoms with van der Waals surface area (Å²) >= 11 is 1.66. The SMILES string of the molecule is O=C(Nc1cccc(-c2cn3c(CN4CCNCC4)csc3n2)c1)c1ccc2ccccc2n1. The summed E-state index contributed by atoms with van der Waals surface area (Å²) in [6, 6.07) is 19.3. The Morgan fingerprint density at radius 2 is 1.91 bits per heavy atom. The number of benzene rings is 2. The van der Waals surface area contributed by atoms with Crippen molar-refractivity contribution in [2.45, 2.75) is 6.54 Å². The number of nitrogens with one attached hydrogen (secondary N) is 2. The molecular weight excluding hydrogens is 444 g/mol. The third-order valence-electron chi connectivity index (χ3n) is 6.13. The van der Waals surface area contributed by atoms with E-state index in [9.17, 15) is 4.79 Å². The van der Waals surface area contributed by atoms with E-state index < -0.39 is 0 Å². The summed E-state index contributed by atoms with van der Waals surface area (Å²) in [7, 11) is 0. The minimum absolute atomic E-state index is 0.230. The summed E-state index contributed by atoms with van der Waals surface area (Å²) in [5.74, 6) is -0.230. The van der Waals surface area contributed by atoms with Crippen LogP contribution in [0.2, 0.25) is 0 Å². The molecule has 6 rings (SSSR count). The number of piperazine rings is 1. The van der Waals surface area contributed by atoms with E-state index in [1.807, 2.05) is 54.6 Å². The lowest BCUT2D eigenvalue weighted by atomic mass is 10.1. The molecule has 1 fully saturated rings. The third kappa shape index (κ3) is 4.19. The van der Waals surface area contributed by atoms with Gasteiger partial charge in [-0.1, -0.05) is 36.4 Å². The number of aromatic nitrogens is 3. The number of anilines is 1. The van der Waals surface area contributed by atoms with Crippen LogP contribution in [0.4, 0.5) is 5.69 Å². The molecule has 0 aliphatic carbocycles. The summed E-state index contributed by atoms with van der Waals surface area (Å²) in [4.78, 5) is 25.6. The quantitative estimate of drug-likeness (QED) is 0.403. The van der Waals surface area contributed by atoms with Gasteiger partial charge < -0.3 is 10.6 Å². The van der Waals surface area contributed by atoms with Crippen molar-refractivity contribution in [2.75, 3.05) is 31.5 Å². The Labute approximate surface area is 201 Å². The van der Waals surface area contributed by atoms with E-state index in [0.717, 1.165) is 65.5 Å². The van der Waals surface area contributed by atoms with Crippen LogP contribution in [0.3, 0.4) is 0 Å². The fourth-order valence-corrected chi connectivity index (χ4v) is 5.19. The van der Waals surface area contributed by atoms with Crippen LogP contribution in [-0.4, -0.2) is 51.4 Å². The second kappa shape index (κ2) is 8.98. The Morgan fingerprint density at radius 3 is 2.82 bits per heavy atom. The summed E-state index contributed by atoms with van der Waals surface area (Å²) < 4.78 is 2.19. The highest BCUT2D eigenvalue weighted by Gasteiger charge is 2.15. The Bertz CT molecular complexity index is 1480. The maximum absolute atomic E-state index is 12.8. The van der Waals surface area contributed by atoms with E-state index in [1.165, 1.54) is 5.69 Å². The van der Waals surface area contributed by atoms with Crippen LogP contribution in [0.5, 0.6) is 0 Å². The van der Waals surface area contributed by atoms with Gasteiger partial charge in [0.2, 0.25) is 0 Å². The van der Waals surface area contributed by atoms with Crippen LogP contribution in [0.25, 0.3) is 27.1 Å². The molecular formula is C26H24N6OS. The number of rotatable bonds is 5. The minimum atomic E-state index is -0.230. The number of amides is 1. The Kier molecular flexibility index (Phi) is 5.54. The first kappa shape index (κ1) is 21.0. The monoisotopic (exact) mass is 468 g/mol. The van der Waals surface area contributed by atoms with Crippen molar-refractivity contribution >= 4 is 38.8 Å². The van der Waals surface area contributed by atoms with E-state index in [2.05, 4.69) is 36.5 Å². The molecule has 0 bridgehead atoms. The summed E-state index contributed by atoms with van der Waals surface area (Å²) in [5, 5.41) is 9.59. The largest absolute Gasteiger partial charge is 0.321 e. The lowest BCUT2D eigenvalue weighted by Crippen LogP contribution is -2.43. The molecule has 5 aromatic rings. The van der Waals surface area contributed by atoms with Gasteiger partial charge in [0.1, 0.15) is 5.69 Å². The average molecular weight is 469 g/mol. The van der Waals surface area contributed by atoms with Gasteiger partial charge in [-0.25, -0.2) is 9.97 Å². The number of carbonyl (C=O) groups excluding carboxylic acids is 1. The van der Waals surface area contributed by atoms with Crippen LogP contribution < -0.4 is 10.6 Å². The number of imidazole rings is 1. The van der Waals surface area contributed by atoms with Gasteiger partial charge in [0.25, 0.3) is 5.91 Å². The molecule has 1 aliphatic heterocycles. The van der Waals surface area contributed by atoms with Crippen molar-refractivity contribution in [1.29, 1.82) is 0 Å². The molecule has 0 atom stereocenters. The molecule has 1 amide bonds. The maximum atomic E-state index is 12.8. The highest BCUT2D eigenvalue weighted by Crippen LogP contribution is 2.26. The standard InChI is InChI=1S/C26H24N6OS/c33-25(23-9-8-18-4-1-2-7-22(18)29-23)28-20-6-3-5-19(14-20)24-16-32-21(17-34-26(32)30-24)15-31-12-10-27-11-13-31/h1-9,14,16-17,27H,10-13,15H2,(H,28,33). The van der Waals surface area contributed by atoms with Gasteiger partial charge in [-0.2, -0.15) is 0 Å². The molecule has 4 heterocycles. The predicted molar refractivity (Wildman–Crippen MR) is 136 cm³/mol. The second-order valence-electron chi connectivity index (χ2n) is 8.46. The second-order valence-corrected chi connectivity index (χ2v) is 9.29. The average Bonchev–Trinajstić information content (AvgIpc) is 3.46. The van der Waals surface area contributed by atoms with Crippen molar-refractivity contribution in [1.82, 2.24) is 24.6 Å². The first-order chi connectivity index (χ1) is 16.7. The first-order valence-electron chi connectivity index (χ1n) is 11.4. The van der Waals surface area contributed by atoms with Gasteiger partial charge in [-0.15, -0.1) is 11.3 Å². The van der Waals surface area contributed by atoms with Gasteiger partial charge in [0, 0.05) is 66.6 Å². The van der Waals surface area contributed by atoms with Gasteiger partial charge in [0.05, 0.1) is 11.2 Å². The molecule has 8 heteroatoms. The lowest BCUT2D eigenvalue weighted by Gasteiger charge is -2.26. The van der Waals surface area contributed by atoms with Crippen LogP contribution in [-0.2, 0) is 6.54 Å². The highest BCUT2D eigenvalue weighted by atomic mass is 32.1. The normalized spacial score (nSPS) is 14.6. The Hall–Kier alpha value is -3.59. The zero-order chi connectivity index (χ0) is 22.9. The minimum Gasteiger partial charge on any atom is -0.321 e. The zero-order valence-corrected chi connectivity index (χ0v) is 19.4. The van der Waals surface area contributed by atoms with Crippen molar-refractivity contribution < 1.29 is 4.79 Å². The van der Waals surface area contributed by atoms with Gasteiger partial charge >= 0.3 is 0 Å². The van der Waals surface area contributed by atoms with Crippen molar-refractivity contribution in [3.8, 4) is 11.3 Å². The smallest absolute Gasteiger partial charge is 0.274 e. The number of fused-ring (bicyclic) bond motifs is 2. The highest BCUT2D eigenvalue weighted by molar-refractivity contribution is 7.15. The van der Waals surface area contributed by atoms with Crippen molar-refractivity contribution in [3.63, 3.8) is 0 Å². The van der Waals surface area contributed by atoms with Crippen LogP contribution in [0.15, 0.2) is 72.2 Å². The third-order valence-corrected chi connectivity index (χ3v) is 7.01. The fraction of sp³-hybridized carbons (Fsp3) is 0.192. The molecule has 1 aliphatic rings. The molecule has 1 saturated heterocycles. The Morgan fingerprint density at radius 1 is 1.03 bits per heavy atom. The number of pyridine rings is 1. The molecule has 2 N–H and O–H groups in total. The molecule has 0 saturated carbocycles. The van der Waals surface area contributed by atoms with Crippen LogP contribution in [0, 0.1) is 0 Å². The summed E-state index contributed by atoms with van der Waals surface area (Å²) in [5.41, 5.74) is 5.03. The molecule has 0 radical (unpaired) electrons. The molecule has 34 heavy (non-hydrogen) atoms. The van der Waals surface area contributed by atoms with Crippen molar-refractivity contribution in [2.24, 2.45) is 0 Å². The number of hydrogen-bond acceptors (Lipinski definition) is 6. The number of para-hydroxylation sites is 1. The molecule has 3 aromatic heterocycles. The molecule has 7 nitrogen and oxygen atoms in total. The molecule has 2 aromatic carbocycles. The molecule has 170 valence electrons. The van der Waals surface area contributed by atoms with E-state index in [4.69, 9.17) is 4.98 Å². The molecule has 0 spiro atoms. The number of nitrogens with zero attached hydrogens (tertiary/aromatic N) is 4. The van der Waals surface area contributed by atoms with Gasteiger partial charge in [0.15, 0.2) is 4.96 Å². The van der Waals surface area contributed by atoms with Crippen LogP contribution >= 0.6 is 11.3 Å². The van der Waals surface area contributed by atoms with Crippen LogP contribution in [0.1, 0.15) is 16.2 Å². The van der Waals surface area contributed by atoms with E-state index in [-0.39, 0.29) is 5.91 Å². The van der Waals surface area contributed by atoms with Crippen molar-refractivity contribution in [3.05, 3.63) is 83.6 Å². The summed E-state index contributed by atoms with van der Waals surface area (Å²) in [6.07, 6.45) is 2.09.